The lowest BCUT2D eigenvalue weighted by Crippen LogP contribution is -2.47. The molecule has 0 aliphatic rings. The molecule has 0 radical (unpaired) electrons. The maximum atomic E-state index is 13.0. The predicted molar refractivity (Wildman–Crippen MR) is 39.1 cm³/mol. The number of hydrogen-bond acceptors (Lipinski definition) is 1. The largest absolute Gasteiger partial charge is 0.424 e. The molecule has 1 aromatic carbocycles. The fourth-order valence-corrected chi connectivity index (χ4v) is 1.14. The molecule has 0 spiro atoms. The van der Waals surface area contributed by atoms with E-state index in [1.807, 2.05) is 0 Å². The summed E-state index contributed by atoms with van der Waals surface area (Å²) in [7, 11) is 0. The molecule has 0 aromatic heterocycles. The third kappa shape index (κ3) is 2.07. The lowest BCUT2D eigenvalue weighted by atomic mass is 10.0. The van der Waals surface area contributed by atoms with Crippen LogP contribution in [0.4, 0.5) is 48.5 Å². The average Bonchev–Trinajstić information content (AvgIpc) is 2.33. The normalized spacial score (nSPS) is 13.2. The Morgan fingerprint density at radius 3 is 1.20 bits per heavy atom. The first-order valence-corrected chi connectivity index (χ1v) is 4.26. The van der Waals surface area contributed by atoms with Crippen LogP contribution in [0, 0.1) is 29.1 Å². The number of halogens is 11. The molecule has 0 bridgehead atoms. The van der Waals surface area contributed by atoms with Crippen LogP contribution in [-0.2, 0) is 5.92 Å². The summed E-state index contributed by atoms with van der Waals surface area (Å²) in [5.74, 6) is -21.9. The first-order chi connectivity index (χ1) is 8.87. The molecule has 0 atom stereocenters. The second-order valence-corrected chi connectivity index (χ2v) is 3.29. The van der Waals surface area contributed by atoms with Crippen molar-refractivity contribution in [2.45, 2.75) is 12.0 Å². The van der Waals surface area contributed by atoms with Crippen molar-refractivity contribution in [1.29, 1.82) is 0 Å². The van der Waals surface area contributed by atoms with Crippen LogP contribution in [0.25, 0.3) is 0 Å². The number of hydrogen-bond donors (Lipinski definition) is 0. The topological polar surface area (TPSA) is 3.24 Å². The summed E-state index contributed by atoms with van der Waals surface area (Å²) < 4.78 is 138. The van der Waals surface area contributed by atoms with Crippen LogP contribution >= 0.6 is 0 Å². The van der Waals surface area contributed by atoms with E-state index in [9.17, 15) is 48.5 Å². The first-order valence-electron chi connectivity index (χ1n) is 4.26. The fraction of sp³-hybridized carbons (Fsp3) is 0.250. The Balaban J connectivity index is 3.71. The van der Waals surface area contributed by atoms with Crippen molar-refractivity contribution in [1.82, 2.24) is 5.34 Å². The van der Waals surface area contributed by atoms with Crippen molar-refractivity contribution in [3.8, 4) is 0 Å². The molecule has 1 rings (SSSR count). The van der Waals surface area contributed by atoms with Gasteiger partial charge in [-0.1, -0.05) is 8.96 Å². The van der Waals surface area contributed by atoms with Gasteiger partial charge in [-0.05, 0) is 0 Å². The summed E-state index contributed by atoms with van der Waals surface area (Å²) in [5, 5.41) is -3.41. The second kappa shape index (κ2) is 4.75. The Hall–Kier alpha value is -1.59. The first kappa shape index (κ1) is 16.5. The molecule has 114 valence electrons. The Morgan fingerprint density at radius 1 is 0.600 bits per heavy atom. The van der Waals surface area contributed by atoms with Crippen LogP contribution in [0.15, 0.2) is 0 Å². The summed E-state index contributed by atoms with van der Waals surface area (Å²) >= 11 is 0. The molecule has 0 aliphatic heterocycles. The maximum absolute atomic E-state index is 13.0. The summed E-state index contributed by atoms with van der Waals surface area (Å²) in [4.78, 5) is 0. The van der Waals surface area contributed by atoms with Gasteiger partial charge in [0.1, 0.15) is 5.56 Å². The molecule has 0 N–H and O–H groups in total. The van der Waals surface area contributed by atoms with Gasteiger partial charge in [-0.3, -0.25) is 0 Å². The number of rotatable bonds is 3. The smallest absolute Gasteiger partial charge is 0.203 e. The van der Waals surface area contributed by atoms with Crippen LogP contribution in [-0.4, -0.2) is 11.4 Å². The molecule has 0 saturated carbocycles. The van der Waals surface area contributed by atoms with Crippen LogP contribution in [0.1, 0.15) is 5.56 Å². The van der Waals surface area contributed by atoms with E-state index in [0.29, 0.717) is 0 Å². The SMILES string of the molecule is Fc1c(F)c(F)c(C(F)(F)C(F)(F)N(F)F)c(F)c1F. The minimum atomic E-state index is -6.51. The van der Waals surface area contributed by atoms with Gasteiger partial charge < -0.3 is 0 Å². The molecule has 1 aromatic rings. The van der Waals surface area contributed by atoms with Gasteiger partial charge >= 0.3 is 12.0 Å². The van der Waals surface area contributed by atoms with E-state index in [4.69, 9.17) is 0 Å². The zero-order chi connectivity index (χ0) is 16.0. The zero-order valence-corrected chi connectivity index (χ0v) is 8.60. The highest BCUT2D eigenvalue weighted by molar-refractivity contribution is 5.29. The molecule has 20 heavy (non-hydrogen) atoms. The highest BCUT2D eigenvalue weighted by atomic mass is 19.4. The standard InChI is InChI=1S/C8F11N/c9-2-1(3(10)5(12)6(13)4(2)11)7(14,15)8(16,17)20(18)19. The van der Waals surface area contributed by atoms with Gasteiger partial charge in [0.25, 0.3) is 0 Å². The number of nitrogens with zero attached hydrogens (tertiary/aromatic N) is 1. The lowest BCUT2D eigenvalue weighted by Gasteiger charge is -2.26. The molecule has 12 heteroatoms. The van der Waals surface area contributed by atoms with Gasteiger partial charge in [-0.2, -0.15) is 17.6 Å². The molecular weight excluding hydrogens is 319 g/mol. The number of alkyl halides is 4. The predicted octanol–water partition coefficient (Wildman–Crippen LogP) is 4.14. The van der Waals surface area contributed by atoms with E-state index < -0.39 is 52.0 Å². The van der Waals surface area contributed by atoms with E-state index >= 15 is 0 Å². The summed E-state index contributed by atoms with van der Waals surface area (Å²) in [5.41, 5.74) is -3.36. The van der Waals surface area contributed by atoms with Gasteiger partial charge in [-0.25, -0.2) is 22.0 Å². The minimum absolute atomic E-state index is 2.90. The molecule has 0 heterocycles. The van der Waals surface area contributed by atoms with Gasteiger partial charge in [0.2, 0.25) is 5.82 Å². The third-order valence-corrected chi connectivity index (χ3v) is 2.11. The Morgan fingerprint density at radius 2 is 0.900 bits per heavy atom. The third-order valence-electron chi connectivity index (χ3n) is 2.11. The Bertz CT molecular complexity index is 509. The zero-order valence-electron chi connectivity index (χ0n) is 8.60. The molecule has 0 unspecified atom stereocenters. The molecule has 0 fully saturated rings. The van der Waals surface area contributed by atoms with Gasteiger partial charge in [-0.15, -0.1) is 0 Å². The van der Waals surface area contributed by atoms with Crippen LogP contribution in [0.3, 0.4) is 0 Å². The Labute approximate surface area is 102 Å². The van der Waals surface area contributed by atoms with Crippen LogP contribution in [0.5, 0.6) is 0 Å². The van der Waals surface area contributed by atoms with Crippen LogP contribution in [0.2, 0.25) is 0 Å². The minimum Gasteiger partial charge on any atom is -0.203 e. The fourth-order valence-electron chi connectivity index (χ4n) is 1.14. The highest BCUT2D eigenvalue weighted by Crippen LogP contribution is 2.48. The van der Waals surface area contributed by atoms with Crippen molar-refractivity contribution in [2.24, 2.45) is 0 Å². The summed E-state index contributed by atoms with van der Waals surface area (Å²) in [6.45, 7) is 0. The van der Waals surface area contributed by atoms with Gasteiger partial charge in [0.15, 0.2) is 23.3 Å². The van der Waals surface area contributed by atoms with Crippen molar-refractivity contribution >= 4 is 0 Å². The van der Waals surface area contributed by atoms with E-state index in [1.54, 1.807) is 0 Å². The maximum Gasteiger partial charge on any atom is 0.424 e. The summed E-state index contributed by atoms with van der Waals surface area (Å²) in [6.07, 6.45) is 0. The van der Waals surface area contributed by atoms with Gasteiger partial charge in [0.05, 0.1) is 5.34 Å². The van der Waals surface area contributed by atoms with Crippen LogP contribution < -0.4 is 0 Å². The number of benzene rings is 1. The van der Waals surface area contributed by atoms with E-state index in [1.165, 1.54) is 0 Å². The lowest BCUT2D eigenvalue weighted by molar-refractivity contribution is -0.404. The van der Waals surface area contributed by atoms with E-state index in [2.05, 4.69) is 0 Å². The monoisotopic (exact) mass is 319 g/mol. The van der Waals surface area contributed by atoms with Crippen molar-refractivity contribution in [3.05, 3.63) is 34.6 Å². The summed E-state index contributed by atoms with van der Waals surface area (Å²) in [6, 6.07) is -6.51. The average molecular weight is 319 g/mol. The molecule has 0 aliphatic carbocycles. The molecule has 0 saturated heterocycles. The molecule has 1 nitrogen and oxygen atoms in total. The van der Waals surface area contributed by atoms with E-state index in [-0.39, 0.29) is 0 Å². The van der Waals surface area contributed by atoms with E-state index in [0.717, 1.165) is 0 Å². The van der Waals surface area contributed by atoms with Crippen molar-refractivity contribution in [2.75, 3.05) is 0 Å². The quantitative estimate of drug-likeness (QED) is 0.266. The van der Waals surface area contributed by atoms with Crippen molar-refractivity contribution < 1.29 is 48.5 Å². The van der Waals surface area contributed by atoms with Crippen molar-refractivity contribution in [3.63, 3.8) is 0 Å². The second-order valence-electron chi connectivity index (χ2n) is 3.29. The highest BCUT2D eigenvalue weighted by Gasteiger charge is 2.66. The molecular formula is C8F11N. The van der Waals surface area contributed by atoms with Gasteiger partial charge in [0, 0.05) is 0 Å². The molecule has 0 amide bonds. The Kier molecular flexibility index (Phi) is 3.91.